The van der Waals surface area contributed by atoms with Gasteiger partial charge in [0.05, 0.1) is 6.61 Å². The van der Waals surface area contributed by atoms with Crippen molar-refractivity contribution in [2.45, 2.75) is 66.3 Å². The summed E-state index contributed by atoms with van der Waals surface area (Å²) in [6.07, 6.45) is 0.757. The Labute approximate surface area is 175 Å². The number of carbonyl (C=O) groups excluding carboxylic acids is 2. The van der Waals surface area contributed by atoms with Crippen LogP contribution in [0.3, 0.4) is 0 Å². The maximum Gasteiger partial charge on any atom is 0.514 e. The van der Waals surface area contributed by atoms with E-state index >= 15 is 0 Å². The van der Waals surface area contributed by atoms with Gasteiger partial charge in [-0.15, -0.1) is 0 Å². The second kappa shape index (κ2) is 10.1. The van der Waals surface area contributed by atoms with Crippen molar-refractivity contribution in [3.8, 4) is 5.75 Å². The van der Waals surface area contributed by atoms with E-state index in [4.69, 9.17) is 18.9 Å². The van der Waals surface area contributed by atoms with Crippen LogP contribution in [0.4, 0.5) is 4.79 Å². The maximum atomic E-state index is 12.9. The molecule has 0 aliphatic heterocycles. The molecule has 7 heteroatoms. The molecule has 0 aromatic heterocycles. The highest BCUT2D eigenvalue weighted by Gasteiger charge is 2.28. The summed E-state index contributed by atoms with van der Waals surface area (Å²) in [5.74, 6) is -0.540. The van der Waals surface area contributed by atoms with Crippen molar-refractivity contribution in [1.82, 2.24) is 0 Å². The van der Waals surface area contributed by atoms with Crippen LogP contribution in [0.1, 0.15) is 70.0 Å². The predicted octanol–water partition coefficient (Wildman–Crippen LogP) is 5.86. The number of carbonyl (C=O) groups is 2. The number of esters is 1. The number of benzene rings is 1. The zero-order valence-corrected chi connectivity index (χ0v) is 19.1. The summed E-state index contributed by atoms with van der Waals surface area (Å²) in [6, 6.07) is 3.49. The Bertz CT molecular complexity index is 726. The summed E-state index contributed by atoms with van der Waals surface area (Å²) < 4.78 is 21.7. The Morgan fingerprint density at radius 3 is 2.14 bits per heavy atom. The number of hydrogen-bond donors (Lipinski definition) is 0. The van der Waals surface area contributed by atoms with Gasteiger partial charge in [-0.3, -0.25) is 0 Å². The number of ether oxygens (including phenoxy) is 4. The molecule has 28 heavy (non-hydrogen) atoms. The zero-order chi connectivity index (χ0) is 21.5. The van der Waals surface area contributed by atoms with E-state index in [-0.39, 0.29) is 17.9 Å². The fourth-order valence-corrected chi connectivity index (χ4v) is 2.47. The van der Waals surface area contributed by atoms with Gasteiger partial charge in [-0.2, -0.15) is 0 Å². The summed E-state index contributed by atoms with van der Waals surface area (Å²) in [6.45, 7) is 13.0. The molecule has 1 rings (SSSR count). The third-order valence-electron chi connectivity index (χ3n) is 3.16. The lowest BCUT2D eigenvalue weighted by Gasteiger charge is -2.23. The van der Waals surface area contributed by atoms with E-state index in [1.165, 1.54) is 0 Å². The molecule has 0 atom stereocenters. The van der Waals surface area contributed by atoms with E-state index in [0.29, 0.717) is 17.7 Å². The van der Waals surface area contributed by atoms with Gasteiger partial charge < -0.3 is 18.9 Å². The molecule has 0 bridgehead atoms. The first-order chi connectivity index (χ1) is 12.9. The Morgan fingerprint density at radius 1 is 1.04 bits per heavy atom. The number of halogens is 1. The highest BCUT2D eigenvalue weighted by Crippen LogP contribution is 2.32. The predicted molar refractivity (Wildman–Crippen MR) is 112 cm³/mol. The largest absolute Gasteiger partial charge is 0.514 e. The molecule has 1 aromatic carbocycles. The molecule has 0 aliphatic carbocycles. The highest BCUT2D eigenvalue weighted by atomic mass is 79.9. The van der Waals surface area contributed by atoms with Gasteiger partial charge >= 0.3 is 12.1 Å². The molecular weight excluding hydrogens is 428 g/mol. The third kappa shape index (κ3) is 8.02. The fourth-order valence-electron chi connectivity index (χ4n) is 2.19. The van der Waals surface area contributed by atoms with Crippen LogP contribution < -0.4 is 4.74 Å². The van der Waals surface area contributed by atoms with Crippen LogP contribution in [0.15, 0.2) is 17.1 Å². The summed E-state index contributed by atoms with van der Waals surface area (Å²) in [5.41, 5.74) is -0.246. The Kier molecular flexibility index (Phi) is 8.70. The average Bonchev–Trinajstić information content (AvgIpc) is 2.51. The molecule has 0 N–H and O–H groups in total. The van der Waals surface area contributed by atoms with E-state index in [1.807, 2.05) is 6.92 Å². The van der Waals surface area contributed by atoms with Crippen molar-refractivity contribution in [2.75, 3.05) is 6.61 Å². The van der Waals surface area contributed by atoms with Crippen molar-refractivity contribution < 1.29 is 28.5 Å². The van der Waals surface area contributed by atoms with Gasteiger partial charge in [0.25, 0.3) is 0 Å². The van der Waals surface area contributed by atoms with Crippen LogP contribution in [0.5, 0.6) is 5.75 Å². The van der Waals surface area contributed by atoms with Crippen LogP contribution in [-0.2, 0) is 20.8 Å². The molecule has 0 saturated heterocycles. The lowest BCUT2D eigenvalue weighted by Crippen LogP contribution is -2.28. The SMILES string of the molecule is CCOCc1ccc(/C=C\Br)c(OC(=O)OC(C)(C)C)c1C(=O)OC(C)(C)C. The molecule has 6 nitrogen and oxygen atoms in total. The van der Waals surface area contributed by atoms with Crippen molar-refractivity contribution in [3.63, 3.8) is 0 Å². The van der Waals surface area contributed by atoms with E-state index in [0.717, 1.165) is 0 Å². The quantitative estimate of drug-likeness (QED) is 0.394. The van der Waals surface area contributed by atoms with Gasteiger partial charge in [-0.05, 0) is 65.1 Å². The molecule has 0 saturated carbocycles. The van der Waals surface area contributed by atoms with Crippen LogP contribution in [-0.4, -0.2) is 29.9 Å². The first kappa shape index (κ1) is 24.2. The molecule has 1 aromatic rings. The molecule has 0 fully saturated rings. The second-order valence-corrected chi connectivity index (χ2v) is 8.54. The van der Waals surface area contributed by atoms with Crippen molar-refractivity contribution >= 4 is 34.1 Å². The van der Waals surface area contributed by atoms with Crippen molar-refractivity contribution in [2.24, 2.45) is 0 Å². The lowest BCUT2D eigenvalue weighted by molar-refractivity contribution is 0.00558. The smallest absolute Gasteiger partial charge is 0.456 e. The molecular formula is C21H29BrO6. The minimum Gasteiger partial charge on any atom is -0.456 e. The average molecular weight is 457 g/mol. The van der Waals surface area contributed by atoms with Gasteiger partial charge in [0.15, 0.2) is 5.75 Å². The summed E-state index contributed by atoms with van der Waals surface area (Å²) in [5, 5.41) is 0. The van der Waals surface area contributed by atoms with Crippen LogP contribution in [0.2, 0.25) is 0 Å². The van der Waals surface area contributed by atoms with Crippen LogP contribution in [0, 0.1) is 0 Å². The van der Waals surface area contributed by atoms with E-state index in [9.17, 15) is 9.59 Å². The van der Waals surface area contributed by atoms with Gasteiger partial charge in [0.1, 0.15) is 16.8 Å². The Hall–Kier alpha value is -1.86. The van der Waals surface area contributed by atoms with Gasteiger partial charge in [0, 0.05) is 12.2 Å². The molecule has 0 unspecified atom stereocenters. The summed E-state index contributed by atoms with van der Waals surface area (Å²) >= 11 is 3.21. The molecule has 0 spiro atoms. The Morgan fingerprint density at radius 2 is 1.64 bits per heavy atom. The normalized spacial score (nSPS) is 12.1. The number of hydrogen-bond acceptors (Lipinski definition) is 6. The molecule has 156 valence electrons. The molecule has 0 heterocycles. The standard InChI is InChI=1S/C21H29BrO6/c1-8-25-13-15-10-9-14(11-12-22)17(26-19(24)28-21(5,6)7)16(15)18(23)27-20(2,3)4/h9-12H,8,13H2,1-7H3/b12-11-. The third-order valence-corrected chi connectivity index (χ3v) is 3.42. The summed E-state index contributed by atoms with van der Waals surface area (Å²) in [4.78, 5) is 26.9. The Balaban J connectivity index is 3.51. The zero-order valence-electron chi connectivity index (χ0n) is 17.6. The van der Waals surface area contributed by atoms with E-state index < -0.39 is 23.3 Å². The maximum absolute atomic E-state index is 12.9. The lowest BCUT2D eigenvalue weighted by atomic mass is 10.0. The monoisotopic (exact) mass is 456 g/mol. The van der Waals surface area contributed by atoms with Crippen LogP contribution >= 0.6 is 15.9 Å². The minimum atomic E-state index is -0.907. The summed E-state index contributed by atoms with van der Waals surface area (Å²) in [7, 11) is 0. The second-order valence-electron chi connectivity index (χ2n) is 8.02. The minimum absolute atomic E-state index is 0.0661. The fraction of sp³-hybridized carbons (Fsp3) is 0.524. The van der Waals surface area contributed by atoms with Crippen LogP contribution in [0.25, 0.3) is 6.08 Å². The molecule has 0 amide bonds. The molecule has 0 radical (unpaired) electrons. The first-order valence-electron chi connectivity index (χ1n) is 9.02. The van der Waals surface area contributed by atoms with E-state index in [2.05, 4.69) is 15.9 Å². The van der Waals surface area contributed by atoms with Gasteiger partial charge in [-0.25, -0.2) is 9.59 Å². The van der Waals surface area contributed by atoms with E-state index in [1.54, 1.807) is 64.7 Å². The topological polar surface area (TPSA) is 71.1 Å². The van der Waals surface area contributed by atoms with Gasteiger partial charge in [0.2, 0.25) is 0 Å². The molecule has 0 aliphatic rings. The highest BCUT2D eigenvalue weighted by molar-refractivity contribution is 9.11. The van der Waals surface area contributed by atoms with Crippen molar-refractivity contribution in [3.05, 3.63) is 33.8 Å². The first-order valence-corrected chi connectivity index (χ1v) is 9.94. The van der Waals surface area contributed by atoms with Gasteiger partial charge in [-0.1, -0.05) is 28.1 Å². The number of rotatable bonds is 6. The van der Waals surface area contributed by atoms with Crippen molar-refractivity contribution in [1.29, 1.82) is 0 Å².